The first-order valence-electron chi connectivity index (χ1n) is 9.62. The van der Waals surface area contributed by atoms with Crippen molar-refractivity contribution in [2.45, 2.75) is 11.8 Å². The van der Waals surface area contributed by atoms with E-state index in [0.717, 1.165) is 9.87 Å². The van der Waals surface area contributed by atoms with Crippen LogP contribution in [0.2, 0.25) is 5.02 Å². The molecule has 0 aliphatic carbocycles. The highest BCUT2D eigenvalue weighted by Gasteiger charge is 2.29. The number of nitrogens with one attached hydrogen (secondary N) is 1. The Balaban J connectivity index is 1.90. The molecule has 1 N–H and O–H groups in total. The van der Waals surface area contributed by atoms with E-state index in [1.54, 1.807) is 60.7 Å². The number of sulfonamides is 1. The maximum Gasteiger partial charge on any atom is 0.264 e. The molecule has 3 aromatic carbocycles. The second-order valence-corrected chi connectivity index (χ2v) is 9.08. The number of para-hydroxylation sites is 2. The average Bonchev–Trinajstić information content (AvgIpc) is 2.79. The number of hydrogen-bond acceptors (Lipinski definition) is 5. The fourth-order valence-corrected chi connectivity index (χ4v) is 4.51. The van der Waals surface area contributed by atoms with Crippen molar-refractivity contribution in [1.29, 1.82) is 0 Å². The summed E-state index contributed by atoms with van der Waals surface area (Å²) in [5, 5.41) is 4.37. The van der Waals surface area contributed by atoms with Crippen molar-refractivity contribution in [1.82, 2.24) is 5.43 Å². The number of benzene rings is 3. The summed E-state index contributed by atoms with van der Waals surface area (Å²) in [7, 11) is -2.63. The van der Waals surface area contributed by atoms with Gasteiger partial charge in [-0.05, 0) is 37.3 Å². The molecule has 3 rings (SSSR count). The molecular weight excluding hydrogens is 450 g/mol. The van der Waals surface area contributed by atoms with E-state index in [0.29, 0.717) is 16.3 Å². The number of amides is 1. The van der Waals surface area contributed by atoms with E-state index in [2.05, 4.69) is 10.5 Å². The molecule has 0 radical (unpaired) electrons. The Morgan fingerprint density at radius 2 is 1.72 bits per heavy atom. The Kier molecular flexibility index (Phi) is 7.50. The van der Waals surface area contributed by atoms with Crippen molar-refractivity contribution in [3.8, 4) is 5.75 Å². The quantitative estimate of drug-likeness (QED) is 0.397. The number of nitrogens with zero attached hydrogens (tertiary/aromatic N) is 2. The Bertz CT molecular complexity index is 1230. The van der Waals surface area contributed by atoms with Crippen molar-refractivity contribution < 1.29 is 17.9 Å². The van der Waals surface area contributed by atoms with Gasteiger partial charge in [-0.3, -0.25) is 9.10 Å². The van der Waals surface area contributed by atoms with Gasteiger partial charge >= 0.3 is 0 Å². The molecule has 7 nitrogen and oxygen atoms in total. The predicted octanol–water partition coefficient (Wildman–Crippen LogP) is 4.00. The van der Waals surface area contributed by atoms with Crippen LogP contribution in [0.4, 0.5) is 5.69 Å². The summed E-state index contributed by atoms with van der Waals surface area (Å²) in [6.07, 6.45) is 1.39. The van der Waals surface area contributed by atoms with E-state index < -0.39 is 22.5 Å². The summed E-state index contributed by atoms with van der Waals surface area (Å²) in [5.41, 5.74) is 4.12. The molecule has 3 aromatic rings. The summed E-state index contributed by atoms with van der Waals surface area (Å²) in [5.74, 6) is -0.314. The number of anilines is 1. The highest BCUT2D eigenvalue weighted by atomic mass is 35.5. The molecule has 0 aliphatic rings. The third kappa shape index (κ3) is 5.46. The third-order valence-corrected chi connectivity index (χ3v) is 6.67. The SMILES string of the molecule is COc1ccccc1N(CC(=O)N/N=C\c1ccccc1Cl)S(=O)(=O)c1ccc(C)cc1. The lowest BCUT2D eigenvalue weighted by Crippen LogP contribution is -2.39. The van der Waals surface area contributed by atoms with Gasteiger partial charge in [0.2, 0.25) is 0 Å². The largest absolute Gasteiger partial charge is 0.495 e. The summed E-state index contributed by atoms with van der Waals surface area (Å²) < 4.78 is 33.2. The van der Waals surface area contributed by atoms with E-state index in [-0.39, 0.29) is 10.6 Å². The number of hydrazone groups is 1. The van der Waals surface area contributed by atoms with Crippen LogP contribution in [0, 0.1) is 6.92 Å². The number of hydrogen-bond donors (Lipinski definition) is 1. The van der Waals surface area contributed by atoms with Crippen LogP contribution in [-0.2, 0) is 14.8 Å². The lowest BCUT2D eigenvalue weighted by molar-refractivity contribution is -0.119. The molecule has 0 fully saturated rings. The Labute approximate surface area is 192 Å². The average molecular weight is 472 g/mol. The van der Waals surface area contributed by atoms with Crippen LogP contribution in [0.1, 0.15) is 11.1 Å². The van der Waals surface area contributed by atoms with Gasteiger partial charge in [-0.15, -0.1) is 0 Å². The van der Waals surface area contributed by atoms with Gasteiger partial charge in [0.1, 0.15) is 12.3 Å². The monoisotopic (exact) mass is 471 g/mol. The van der Waals surface area contributed by atoms with Gasteiger partial charge in [0, 0.05) is 10.6 Å². The van der Waals surface area contributed by atoms with Gasteiger partial charge < -0.3 is 4.74 Å². The molecule has 0 atom stereocenters. The van der Waals surface area contributed by atoms with Gasteiger partial charge in [-0.25, -0.2) is 13.8 Å². The summed E-state index contributed by atoms with van der Waals surface area (Å²) in [4.78, 5) is 12.7. The van der Waals surface area contributed by atoms with Gasteiger partial charge in [0.15, 0.2) is 0 Å². The number of carbonyl (C=O) groups is 1. The lowest BCUT2D eigenvalue weighted by Gasteiger charge is -2.25. The molecule has 32 heavy (non-hydrogen) atoms. The maximum absolute atomic E-state index is 13.4. The summed E-state index contributed by atoms with van der Waals surface area (Å²) in [6.45, 7) is 1.36. The van der Waals surface area contributed by atoms with Gasteiger partial charge in [0.25, 0.3) is 15.9 Å². The highest BCUT2D eigenvalue weighted by molar-refractivity contribution is 7.92. The molecule has 1 amide bonds. The van der Waals surface area contributed by atoms with Crippen LogP contribution in [-0.4, -0.2) is 34.2 Å². The number of halogens is 1. The fourth-order valence-electron chi connectivity index (χ4n) is 2.89. The van der Waals surface area contributed by atoms with Crippen molar-refractivity contribution in [3.05, 3.63) is 88.9 Å². The molecule has 0 saturated carbocycles. The van der Waals surface area contributed by atoms with E-state index in [1.807, 2.05) is 6.92 Å². The van der Waals surface area contributed by atoms with Crippen LogP contribution in [0.5, 0.6) is 5.75 Å². The molecule has 9 heteroatoms. The molecule has 166 valence electrons. The fraction of sp³-hybridized carbons (Fsp3) is 0.130. The molecule has 0 aliphatic heterocycles. The first-order chi connectivity index (χ1) is 15.3. The standard InChI is InChI=1S/C23H22ClN3O4S/c1-17-11-13-19(14-12-17)32(29,30)27(21-9-5-6-10-22(21)31-2)16-23(28)26-25-15-18-7-3-4-8-20(18)24/h3-15H,16H2,1-2H3,(H,26,28)/b25-15-. The minimum absolute atomic E-state index is 0.0568. The van der Waals surface area contributed by atoms with Crippen LogP contribution >= 0.6 is 11.6 Å². The van der Waals surface area contributed by atoms with Crippen LogP contribution in [0.15, 0.2) is 82.8 Å². The lowest BCUT2D eigenvalue weighted by atomic mass is 10.2. The van der Waals surface area contributed by atoms with Crippen molar-refractivity contribution >= 4 is 39.4 Å². The number of carbonyl (C=O) groups excluding carboxylic acids is 1. The Hall–Kier alpha value is -3.36. The minimum Gasteiger partial charge on any atom is -0.495 e. The second kappa shape index (κ2) is 10.3. The first-order valence-corrected chi connectivity index (χ1v) is 11.4. The zero-order valence-corrected chi connectivity index (χ0v) is 19.1. The molecule has 0 bridgehead atoms. The van der Waals surface area contributed by atoms with E-state index >= 15 is 0 Å². The number of aryl methyl sites for hydroxylation is 1. The Morgan fingerprint density at radius 3 is 2.41 bits per heavy atom. The van der Waals surface area contributed by atoms with Crippen LogP contribution in [0.3, 0.4) is 0 Å². The van der Waals surface area contributed by atoms with Crippen molar-refractivity contribution in [3.63, 3.8) is 0 Å². The number of ether oxygens (including phenoxy) is 1. The Morgan fingerprint density at radius 1 is 1.06 bits per heavy atom. The zero-order valence-electron chi connectivity index (χ0n) is 17.5. The van der Waals surface area contributed by atoms with E-state index in [4.69, 9.17) is 16.3 Å². The molecule has 0 aromatic heterocycles. The zero-order chi connectivity index (χ0) is 23.1. The van der Waals surface area contributed by atoms with Gasteiger partial charge in [-0.1, -0.05) is 59.6 Å². The smallest absolute Gasteiger partial charge is 0.264 e. The summed E-state index contributed by atoms with van der Waals surface area (Å²) >= 11 is 6.07. The minimum atomic E-state index is -4.06. The molecular formula is C23H22ClN3O4S. The first kappa shape index (κ1) is 23.3. The second-order valence-electron chi connectivity index (χ2n) is 6.81. The maximum atomic E-state index is 13.4. The number of methoxy groups -OCH3 is 1. The van der Waals surface area contributed by atoms with Gasteiger partial charge in [0.05, 0.1) is 23.9 Å². The highest BCUT2D eigenvalue weighted by Crippen LogP contribution is 2.32. The summed E-state index contributed by atoms with van der Waals surface area (Å²) in [6, 6.07) is 20.0. The van der Waals surface area contributed by atoms with E-state index in [1.165, 1.54) is 25.5 Å². The van der Waals surface area contributed by atoms with Gasteiger partial charge in [-0.2, -0.15) is 5.10 Å². The van der Waals surface area contributed by atoms with Crippen molar-refractivity contribution in [2.24, 2.45) is 5.10 Å². The normalized spacial score (nSPS) is 11.3. The third-order valence-electron chi connectivity index (χ3n) is 4.55. The predicted molar refractivity (Wildman–Crippen MR) is 126 cm³/mol. The van der Waals surface area contributed by atoms with E-state index in [9.17, 15) is 13.2 Å². The van der Waals surface area contributed by atoms with Crippen LogP contribution in [0.25, 0.3) is 0 Å². The molecule has 0 unspecified atom stereocenters. The molecule has 0 saturated heterocycles. The topological polar surface area (TPSA) is 88.1 Å². The molecule has 0 heterocycles. The van der Waals surface area contributed by atoms with Crippen molar-refractivity contribution in [2.75, 3.05) is 18.0 Å². The molecule has 0 spiro atoms. The number of rotatable bonds is 8. The van der Waals surface area contributed by atoms with Crippen LogP contribution < -0.4 is 14.5 Å².